The first-order valence-electron chi connectivity index (χ1n) is 14.1. The molecule has 3 saturated carbocycles. The Morgan fingerprint density at radius 2 is 1.63 bits per heavy atom. The van der Waals surface area contributed by atoms with Crippen LogP contribution in [0.25, 0.3) is 5.65 Å². The molecule has 224 valence electrons. The van der Waals surface area contributed by atoms with Crippen LogP contribution in [-0.2, 0) is 24.9 Å². The molecule has 3 aromatic rings. The van der Waals surface area contributed by atoms with Gasteiger partial charge in [0, 0.05) is 51.9 Å². The zero-order chi connectivity index (χ0) is 29.5. The molecular weight excluding hydrogens is 542 g/mol. The molecule has 9 nitrogen and oxygen atoms in total. The molecule has 0 unspecified atom stereocenters. The lowest BCUT2D eigenvalue weighted by molar-refractivity contribution is -0.133. The van der Waals surface area contributed by atoms with Crippen molar-refractivity contribution in [3.63, 3.8) is 0 Å². The van der Waals surface area contributed by atoms with Gasteiger partial charge >= 0.3 is 0 Å². The lowest BCUT2D eigenvalue weighted by Gasteiger charge is -2.34. The van der Waals surface area contributed by atoms with Crippen molar-refractivity contribution in [1.82, 2.24) is 35.0 Å². The maximum absolute atomic E-state index is 12.9. The van der Waals surface area contributed by atoms with Crippen LogP contribution in [-0.4, -0.2) is 48.0 Å². The molecule has 3 aliphatic carbocycles. The number of imidazole rings is 1. The van der Waals surface area contributed by atoms with Crippen LogP contribution in [0.1, 0.15) is 92.4 Å². The number of alkyl halides is 4. The Balaban J connectivity index is 0.000000292. The third kappa shape index (κ3) is 9.82. The number of rotatable bonds is 7. The summed E-state index contributed by atoms with van der Waals surface area (Å²) in [5.41, 5.74) is 2.39. The largest absolute Gasteiger partial charge is 0.352 e. The van der Waals surface area contributed by atoms with Crippen molar-refractivity contribution in [2.75, 3.05) is 0 Å². The second-order valence-electron chi connectivity index (χ2n) is 11.0. The van der Waals surface area contributed by atoms with Gasteiger partial charge in [-0.15, -0.1) is 0 Å². The van der Waals surface area contributed by atoms with Gasteiger partial charge in [-0.3, -0.25) is 14.3 Å². The average Bonchev–Trinajstić information content (AvgIpc) is 3.64. The highest BCUT2D eigenvalue weighted by molar-refractivity contribution is 5.92. The van der Waals surface area contributed by atoms with E-state index in [4.69, 9.17) is 0 Å². The van der Waals surface area contributed by atoms with Gasteiger partial charge in [-0.25, -0.2) is 27.1 Å². The summed E-state index contributed by atoms with van der Waals surface area (Å²) in [5.74, 6) is -5.70. The summed E-state index contributed by atoms with van der Waals surface area (Å²) in [4.78, 5) is 28.5. The van der Waals surface area contributed by atoms with Crippen LogP contribution in [0.2, 0.25) is 0 Å². The van der Waals surface area contributed by atoms with E-state index in [-0.39, 0.29) is 62.9 Å². The van der Waals surface area contributed by atoms with Crippen LogP contribution < -0.4 is 10.6 Å². The van der Waals surface area contributed by atoms with E-state index in [1.54, 1.807) is 42.3 Å². The molecule has 0 radical (unpaired) electrons. The van der Waals surface area contributed by atoms with Gasteiger partial charge in [0.05, 0.1) is 24.6 Å². The van der Waals surface area contributed by atoms with Gasteiger partial charge in [-0.05, 0) is 36.5 Å². The molecule has 41 heavy (non-hydrogen) atoms. The minimum Gasteiger partial charge on any atom is -0.352 e. The van der Waals surface area contributed by atoms with Crippen molar-refractivity contribution in [2.24, 2.45) is 13.0 Å². The number of hydrogen-bond donors (Lipinski definition) is 2. The van der Waals surface area contributed by atoms with Gasteiger partial charge in [-0.1, -0.05) is 25.7 Å². The number of aryl methyl sites for hydroxylation is 1. The highest BCUT2D eigenvalue weighted by Gasteiger charge is 2.45. The monoisotopic (exact) mass is 579 g/mol. The number of nitrogens with zero attached hydrogens (tertiary/aromatic N) is 5. The summed E-state index contributed by atoms with van der Waals surface area (Å²) in [6.07, 6.45) is 11.7. The molecule has 0 atom stereocenters. The van der Waals surface area contributed by atoms with Crippen molar-refractivity contribution in [3.05, 3.63) is 47.7 Å². The predicted molar refractivity (Wildman–Crippen MR) is 143 cm³/mol. The normalized spacial score (nSPS) is 18.7. The van der Waals surface area contributed by atoms with Crippen LogP contribution in [0.15, 0.2) is 30.7 Å². The number of carbonyl (C=O) groups is 2. The van der Waals surface area contributed by atoms with Gasteiger partial charge in [0.1, 0.15) is 5.69 Å². The summed E-state index contributed by atoms with van der Waals surface area (Å²) < 4.78 is 53.2. The number of halogens is 4. The number of fused-ring (bicyclic) bond motifs is 1. The summed E-state index contributed by atoms with van der Waals surface area (Å²) in [7, 11) is 1.69. The number of nitrogens with one attached hydrogen (secondary N) is 2. The molecule has 0 aliphatic heterocycles. The van der Waals surface area contributed by atoms with Gasteiger partial charge < -0.3 is 10.6 Å². The van der Waals surface area contributed by atoms with Crippen molar-refractivity contribution in [1.29, 1.82) is 0 Å². The Morgan fingerprint density at radius 1 is 0.951 bits per heavy atom. The number of carbonyl (C=O) groups excluding carboxylic acids is 2. The number of hydrogen-bond acceptors (Lipinski definition) is 5. The molecule has 6 rings (SSSR count). The Morgan fingerprint density at radius 3 is 2.20 bits per heavy atom. The van der Waals surface area contributed by atoms with Crippen LogP contribution in [0.4, 0.5) is 17.6 Å². The maximum atomic E-state index is 12.9. The van der Waals surface area contributed by atoms with Crippen molar-refractivity contribution in [3.8, 4) is 0 Å². The van der Waals surface area contributed by atoms with E-state index in [0.717, 1.165) is 12.0 Å². The topological polar surface area (TPSA) is 106 Å². The maximum Gasteiger partial charge on any atom is 0.269 e. The van der Waals surface area contributed by atoms with E-state index in [1.165, 1.54) is 23.9 Å². The molecule has 0 saturated heterocycles. The lowest BCUT2D eigenvalue weighted by Crippen LogP contribution is -2.38. The highest BCUT2D eigenvalue weighted by atomic mass is 19.3. The third-order valence-electron chi connectivity index (χ3n) is 6.99. The van der Waals surface area contributed by atoms with Gasteiger partial charge in [0.15, 0.2) is 5.65 Å². The van der Waals surface area contributed by atoms with E-state index in [0.29, 0.717) is 29.9 Å². The molecule has 2 N–H and O–H groups in total. The first-order chi connectivity index (χ1) is 19.5. The summed E-state index contributed by atoms with van der Waals surface area (Å²) in [6.45, 7) is 0.469. The SMILES string of the molecule is C1CC1.Cn1nccc1C(=O)NCc1cn2ncc(CNC(=O)CC3CC(F)(F)C3)cc2n1.FC1(F)CCCCC1. The lowest BCUT2D eigenvalue weighted by atomic mass is 9.79. The summed E-state index contributed by atoms with van der Waals surface area (Å²) in [6, 6.07) is 3.40. The summed E-state index contributed by atoms with van der Waals surface area (Å²) in [5, 5.41) is 13.7. The Labute approximate surface area is 236 Å². The Kier molecular flexibility index (Phi) is 9.98. The van der Waals surface area contributed by atoms with E-state index in [2.05, 4.69) is 25.8 Å². The fraction of sp³-hybridized carbons (Fsp3) is 0.607. The van der Waals surface area contributed by atoms with Crippen LogP contribution in [0, 0.1) is 5.92 Å². The zero-order valence-electron chi connectivity index (χ0n) is 23.2. The molecule has 3 aliphatic rings. The van der Waals surface area contributed by atoms with E-state index < -0.39 is 11.8 Å². The molecule has 2 amide bonds. The van der Waals surface area contributed by atoms with Crippen molar-refractivity contribution >= 4 is 17.5 Å². The number of aromatic nitrogens is 5. The number of amides is 2. The van der Waals surface area contributed by atoms with Crippen molar-refractivity contribution < 1.29 is 27.2 Å². The quantitative estimate of drug-likeness (QED) is 0.375. The molecule has 3 aromatic heterocycles. The van der Waals surface area contributed by atoms with E-state index in [1.807, 2.05) is 0 Å². The van der Waals surface area contributed by atoms with E-state index >= 15 is 0 Å². The van der Waals surface area contributed by atoms with E-state index in [9.17, 15) is 27.2 Å². The molecule has 0 bridgehead atoms. The highest BCUT2D eigenvalue weighted by Crippen LogP contribution is 2.43. The Hall–Kier alpha value is -3.51. The molecule has 3 fully saturated rings. The second kappa shape index (κ2) is 13.4. The molecule has 0 aromatic carbocycles. The molecule has 13 heteroatoms. The fourth-order valence-corrected chi connectivity index (χ4v) is 4.54. The minimum absolute atomic E-state index is 0.106. The van der Waals surface area contributed by atoms with Gasteiger partial charge in [-0.2, -0.15) is 10.2 Å². The van der Waals surface area contributed by atoms with Crippen molar-refractivity contribution in [2.45, 2.75) is 95.6 Å². The standard InChI is InChI=1S/C19H21F2N7O2.C6H10F2.C3H6/c1-27-15(2-3-24-27)18(30)23-10-14-11-28-16(26-14)4-13(9-25-28)8-22-17(29)5-12-6-19(20,21)7-12;7-6(8)4-2-1-3-5-6;1-2-3-1/h2-4,9,11-12H,5-8,10H2,1H3,(H,22,29)(H,23,30);1-5H2;1-3H2. The molecule has 3 heterocycles. The smallest absolute Gasteiger partial charge is 0.269 e. The zero-order valence-corrected chi connectivity index (χ0v) is 23.2. The van der Waals surface area contributed by atoms with Crippen LogP contribution in [0.5, 0.6) is 0 Å². The average molecular weight is 580 g/mol. The van der Waals surface area contributed by atoms with Gasteiger partial charge in [0.25, 0.3) is 5.91 Å². The van der Waals surface area contributed by atoms with Crippen LogP contribution in [0.3, 0.4) is 0 Å². The first-order valence-corrected chi connectivity index (χ1v) is 14.1. The van der Waals surface area contributed by atoms with Gasteiger partial charge in [0.2, 0.25) is 17.8 Å². The molecular formula is C28H37F4N7O2. The second-order valence-corrected chi connectivity index (χ2v) is 11.0. The third-order valence-corrected chi connectivity index (χ3v) is 6.99. The molecule has 0 spiro atoms. The summed E-state index contributed by atoms with van der Waals surface area (Å²) >= 11 is 0. The predicted octanol–water partition coefficient (Wildman–Crippen LogP) is 5.20. The minimum atomic E-state index is -2.62. The van der Waals surface area contributed by atoms with Crippen LogP contribution >= 0.6 is 0 Å². The fourth-order valence-electron chi connectivity index (χ4n) is 4.54. The Bertz CT molecular complexity index is 1300. The first kappa shape index (κ1) is 30.4.